The Morgan fingerprint density at radius 1 is 1.20 bits per heavy atom. The molecule has 0 atom stereocenters. The number of hydrogen-bond donors (Lipinski definition) is 0. The van der Waals surface area contributed by atoms with Gasteiger partial charge in [-0.15, -0.1) is 22.7 Å². The van der Waals surface area contributed by atoms with E-state index in [4.69, 9.17) is 0 Å². The number of thiophene rings is 2. The molecule has 0 radical (unpaired) electrons. The monoisotopic (exact) mass is 232 g/mol. The molecule has 0 fully saturated rings. The minimum absolute atomic E-state index is 1.18. The van der Waals surface area contributed by atoms with Gasteiger partial charge in [0.25, 0.3) is 0 Å². The highest BCUT2D eigenvalue weighted by atomic mass is 32.1. The first-order chi connectivity index (χ1) is 7.26. The maximum absolute atomic E-state index is 3.87. The molecule has 0 spiro atoms. The maximum atomic E-state index is 3.87. The van der Waals surface area contributed by atoms with Crippen molar-refractivity contribution < 1.29 is 0 Å². The first kappa shape index (κ1) is 10.4. The zero-order valence-corrected chi connectivity index (χ0v) is 10.3. The summed E-state index contributed by atoms with van der Waals surface area (Å²) in [4.78, 5) is 3.96. The van der Waals surface area contributed by atoms with E-state index in [-0.39, 0.29) is 0 Å². The highest BCUT2D eigenvalue weighted by Gasteiger charge is 2.10. The molecule has 0 aromatic carbocycles. The largest absolute Gasteiger partial charge is 0.142 e. The summed E-state index contributed by atoms with van der Waals surface area (Å²) in [5, 5.41) is 2.13. The van der Waals surface area contributed by atoms with Gasteiger partial charge in [-0.3, -0.25) is 0 Å². The lowest BCUT2D eigenvalue weighted by Crippen LogP contribution is -1.73. The topological polar surface area (TPSA) is 0 Å². The summed E-state index contributed by atoms with van der Waals surface area (Å²) >= 11 is 3.58. The molecule has 76 valence electrons. The summed E-state index contributed by atoms with van der Waals surface area (Å²) in [5.74, 6) is 0. The third-order valence-corrected chi connectivity index (χ3v) is 4.44. The molecule has 0 aliphatic heterocycles. The molecule has 0 bridgehead atoms. The summed E-state index contributed by atoms with van der Waals surface area (Å²) in [5.41, 5.74) is 2.38. The summed E-state index contributed by atoms with van der Waals surface area (Å²) in [6.07, 6.45) is 3.80. The van der Waals surface area contributed by atoms with Crippen molar-refractivity contribution >= 4 is 34.8 Å². The van der Waals surface area contributed by atoms with Gasteiger partial charge in [-0.1, -0.05) is 25.3 Å². The third-order valence-electron chi connectivity index (χ3n) is 2.25. The molecule has 0 aliphatic rings. The Morgan fingerprint density at radius 3 is 2.53 bits per heavy atom. The smallest absolute Gasteiger partial charge is 0.0521 e. The van der Waals surface area contributed by atoms with Crippen LogP contribution in [0, 0.1) is 6.92 Å². The molecule has 2 aromatic rings. The summed E-state index contributed by atoms with van der Waals surface area (Å²) in [7, 11) is 0. The second-order valence-corrected chi connectivity index (χ2v) is 5.42. The van der Waals surface area contributed by atoms with Gasteiger partial charge in [-0.2, -0.15) is 0 Å². The fourth-order valence-corrected chi connectivity index (χ4v) is 3.57. The van der Waals surface area contributed by atoms with Crippen LogP contribution in [0.15, 0.2) is 30.7 Å². The first-order valence-electron chi connectivity index (χ1n) is 4.69. The van der Waals surface area contributed by atoms with Crippen molar-refractivity contribution in [1.82, 2.24) is 0 Å². The van der Waals surface area contributed by atoms with E-state index in [1.54, 1.807) is 11.3 Å². The molecular weight excluding hydrogens is 220 g/mol. The number of rotatable bonds is 3. The van der Waals surface area contributed by atoms with Crippen molar-refractivity contribution in [2.45, 2.75) is 6.92 Å². The van der Waals surface area contributed by atoms with Gasteiger partial charge in [0.15, 0.2) is 0 Å². The summed E-state index contributed by atoms with van der Waals surface area (Å²) in [6, 6.07) is 4.33. The third kappa shape index (κ3) is 1.83. The Hall–Kier alpha value is -1.12. The van der Waals surface area contributed by atoms with Crippen molar-refractivity contribution in [3.05, 3.63) is 46.7 Å². The highest BCUT2D eigenvalue weighted by Crippen LogP contribution is 2.37. The molecule has 2 heteroatoms. The van der Waals surface area contributed by atoms with Crippen LogP contribution in [-0.4, -0.2) is 0 Å². The van der Waals surface area contributed by atoms with Crippen LogP contribution in [0.4, 0.5) is 0 Å². The minimum atomic E-state index is 1.18. The molecule has 0 saturated heterocycles. The van der Waals surface area contributed by atoms with E-state index in [1.807, 2.05) is 23.5 Å². The fourth-order valence-electron chi connectivity index (χ4n) is 1.50. The van der Waals surface area contributed by atoms with Crippen molar-refractivity contribution in [3.8, 4) is 9.75 Å². The van der Waals surface area contributed by atoms with E-state index in [0.717, 1.165) is 0 Å². The van der Waals surface area contributed by atoms with Crippen LogP contribution in [-0.2, 0) is 0 Å². The van der Waals surface area contributed by atoms with Gasteiger partial charge in [0, 0.05) is 15.3 Å². The Labute approximate surface area is 98.2 Å². The van der Waals surface area contributed by atoms with Gasteiger partial charge in [-0.05, 0) is 30.0 Å². The normalized spacial score (nSPS) is 10.2. The van der Waals surface area contributed by atoms with Crippen molar-refractivity contribution in [1.29, 1.82) is 0 Å². The molecule has 0 aliphatic carbocycles. The Kier molecular flexibility index (Phi) is 2.89. The maximum Gasteiger partial charge on any atom is 0.0521 e. The molecule has 0 nitrogen and oxygen atoms in total. The lowest BCUT2D eigenvalue weighted by atomic mass is 10.1. The first-order valence-corrected chi connectivity index (χ1v) is 6.39. The predicted molar refractivity (Wildman–Crippen MR) is 72.6 cm³/mol. The molecular formula is C13H12S2. The number of hydrogen-bond acceptors (Lipinski definition) is 2. The molecule has 0 unspecified atom stereocenters. The zero-order valence-electron chi connectivity index (χ0n) is 8.62. The molecule has 0 N–H and O–H groups in total. The van der Waals surface area contributed by atoms with Crippen molar-refractivity contribution in [2.24, 2.45) is 0 Å². The molecule has 0 amide bonds. The summed E-state index contributed by atoms with van der Waals surface area (Å²) in [6.45, 7) is 9.81. The van der Waals surface area contributed by atoms with Crippen LogP contribution in [0.25, 0.3) is 21.9 Å². The van der Waals surface area contributed by atoms with Crippen molar-refractivity contribution in [3.63, 3.8) is 0 Å². The SMILES string of the molecule is C=Cc1csc(-c2ccc(C)s2)c1C=C. The fraction of sp³-hybridized carbons (Fsp3) is 0.0769. The Balaban J connectivity index is 2.57. The van der Waals surface area contributed by atoms with Gasteiger partial charge in [0.1, 0.15) is 0 Å². The van der Waals surface area contributed by atoms with E-state index < -0.39 is 0 Å². The molecule has 2 aromatic heterocycles. The van der Waals surface area contributed by atoms with Crippen LogP contribution in [0.1, 0.15) is 16.0 Å². The zero-order chi connectivity index (χ0) is 10.8. The lowest BCUT2D eigenvalue weighted by Gasteiger charge is -1.96. The standard InChI is InChI=1S/C13H12S2/c1-4-10-8-14-13(11(10)5-2)12-7-6-9(3)15-12/h4-8H,1-2H2,3H3. The average molecular weight is 232 g/mol. The van der Waals surface area contributed by atoms with Gasteiger partial charge >= 0.3 is 0 Å². The van der Waals surface area contributed by atoms with E-state index in [9.17, 15) is 0 Å². The van der Waals surface area contributed by atoms with Gasteiger partial charge in [0.2, 0.25) is 0 Å². The van der Waals surface area contributed by atoms with Crippen molar-refractivity contribution in [2.75, 3.05) is 0 Å². The van der Waals surface area contributed by atoms with Gasteiger partial charge < -0.3 is 0 Å². The van der Waals surface area contributed by atoms with Crippen LogP contribution in [0.5, 0.6) is 0 Å². The van der Waals surface area contributed by atoms with Crippen LogP contribution >= 0.6 is 22.7 Å². The summed E-state index contributed by atoms with van der Waals surface area (Å²) < 4.78 is 0. The van der Waals surface area contributed by atoms with E-state index in [0.29, 0.717) is 0 Å². The van der Waals surface area contributed by atoms with E-state index in [1.165, 1.54) is 25.8 Å². The van der Waals surface area contributed by atoms with Crippen LogP contribution in [0.2, 0.25) is 0 Å². The molecule has 2 heterocycles. The van der Waals surface area contributed by atoms with Crippen LogP contribution < -0.4 is 0 Å². The molecule has 0 saturated carbocycles. The Morgan fingerprint density at radius 2 is 2.00 bits per heavy atom. The van der Waals surface area contributed by atoms with Gasteiger partial charge in [-0.25, -0.2) is 0 Å². The van der Waals surface area contributed by atoms with E-state index in [2.05, 4.69) is 37.6 Å². The Bertz CT molecular complexity index is 500. The van der Waals surface area contributed by atoms with Crippen LogP contribution in [0.3, 0.4) is 0 Å². The van der Waals surface area contributed by atoms with Gasteiger partial charge in [0.05, 0.1) is 4.88 Å². The second-order valence-electron chi connectivity index (χ2n) is 3.25. The molecule has 15 heavy (non-hydrogen) atoms. The quantitative estimate of drug-likeness (QED) is 0.693. The number of aryl methyl sites for hydroxylation is 1. The predicted octanol–water partition coefficient (Wildman–Crippen LogP) is 5.07. The lowest BCUT2D eigenvalue weighted by molar-refractivity contribution is 1.64. The minimum Gasteiger partial charge on any atom is -0.142 e. The second kappa shape index (κ2) is 4.17. The van der Waals surface area contributed by atoms with E-state index >= 15 is 0 Å². The molecule has 2 rings (SSSR count). The average Bonchev–Trinajstić information content (AvgIpc) is 2.82. The highest BCUT2D eigenvalue weighted by molar-refractivity contribution is 7.21.